The number of benzene rings is 2. The standard InChI is InChI=1S/C17H17Cl2NO3/c1-10(2)23-13-6-4-12(5-7-13)20-17(21)11-8-14(18)16(22-3)15(19)9-11/h4-10H,1-3H3,(H,20,21). The quantitative estimate of drug-likeness (QED) is 0.818. The van der Waals surface area contributed by atoms with Crippen LogP contribution in [0.2, 0.25) is 10.0 Å². The van der Waals surface area contributed by atoms with Gasteiger partial charge < -0.3 is 14.8 Å². The van der Waals surface area contributed by atoms with Crippen molar-refractivity contribution in [2.24, 2.45) is 0 Å². The molecule has 0 atom stereocenters. The van der Waals surface area contributed by atoms with Gasteiger partial charge in [0.05, 0.1) is 23.3 Å². The number of anilines is 1. The summed E-state index contributed by atoms with van der Waals surface area (Å²) < 4.78 is 10.6. The first-order chi connectivity index (χ1) is 10.9. The molecule has 0 saturated heterocycles. The molecule has 0 bridgehead atoms. The lowest BCUT2D eigenvalue weighted by Crippen LogP contribution is -2.12. The van der Waals surface area contributed by atoms with Crippen molar-refractivity contribution in [1.29, 1.82) is 0 Å². The third-order valence-electron chi connectivity index (χ3n) is 2.95. The summed E-state index contributed by atoms with van der Waals surface area (Å²) in [5.41, 5.74) is 0.998. The van der Waals surface area contributed by atoms with E-state index in [0.717, 1.165) is 5.75 Å². The second kappa shape index (κ2) is 7.57. The van der Waals surface area contributed by atoms with Crippen LogP contribution in [0.4, 0.5) is 5.69 Å². The number of carbonyl (C=O) groups is 1. The van der Waals surface area contributed by atoms with Crippen molar-refractivity contribution in [2.45, 2.75) is 20.0 Å². The van der Waals surface area contributed by atoms with Crippen molar-refractivity contribution < 1.29 is 14.3 Å². The number of rotatable bonds is 5. The van der Waals surface area contributed by atoms with E-state index in [9.17, 15) is 4.79 Å². The van der Waals surface area contributed by atoms with Crippen LogP contribution in [-0.4, -0.2) is 19.1 Å². The molecule has 6 heteroatoms. The molecule has 0 aliphatic rings. The van der Waals surface area contributed by atoms with Crippen molar-refractivity contribution in [3.63, 3.8) is 0 Å². The summed E-state index contributed by atoms with van der Waals surface area (Å²) in [7, 11) is 1.47. The normalized spacial score (nSPS) is 10.5. The van der Waals surface area contributed by atoms with Gasteiger partial charge in [-0.25, -0.2) is 0 Å². The molecule has 0 spiro atoms. The van der Waals surface area contributed by atoms with E-state index in [1.165, 1.54) is 19.2 Å². The first kappa shape index (κ1) is 17.4. The Morgan fingerprint density at radius 2 is 1.65 bits per heavy atom. The van der Waals surface area contributed by atoms with Crippen molar-refractivity contribution >= 4 is 34.8 Å². The molecule has 4 nitrogen and oxygen atoms in total. The number of hydrogen-bond donors (Lipinski definition) is 1. The molecule has 2 aromatic rings. The number of nitrogens with one attached hydrogen (secondary N) is 1. The van der Waals surface area contributed by atoms with Gasteiger partial charge in [-0.2, -0.15) is 0 Å². The molecular formula is C17H17Cl2NO3. The third-order valence-corrected chi connectivity index (χ3v) is 3.51. The topological polar surface area (TPSA) is 47.6 Å². The van der Waals surface area contributed by atoms with Gasteiger partial charge in [0.2, 0.25) is 0 Å². The average Bonchev–Trinajstić information content (AvgIpc) is 2.48. The number of ether oxygens (including phenoxy) is 2. The number of carbonyl (C=O) groups excluding carboxylic acids is 1. The minimum Gasteiger partial charge on any atom is -0.494 e. The molecule has 2 rings (SSSR count). The molecule has 122 valence electrons. The Bertz CT molecular complexity index is 676. The van der Waals surface area contributed by atoms with Crippen LogP contribution >= 0.6 is 23.2 Å². The average molecular weight is 354 g/mol. The molecular weight excluding hydrogens is 337 g/mol. The van der Waals surface area contributed by atoms with E-state index in [1.807, 2.05) is 13.8 Å². The van der Waals surface area contributed by atoms with Crippen LogP contribution in [0.25, 0.3) is 0 Å². The van der Waals surface area contributed by atoms with Crippen LogP contribution in [0.15, 0.2) is 36.4 Å². The van der Waals surface area contributed by atoms with Gasteiger partial charge in [0.25, 0.3) is 5.91 Å². The number of halogens is 2. The summed E-state index contributed by atoms with van der Waals surface area (Å²) in [5, 5.41) is 3.34. The molecule has 0 aliphatic heterocycles. The predicted octanol–water partition coefficient (Wildman–Crippen LogP) is 5.04. The Kier molecular flexibility index (Phi) is 5.74. The van der Waals surface area contributed by atoms with Gasteiger partial charge in [-0.05, 0) is 50.2 Å². The fourth-order valence-corrected chi connectivity index (χ4v) is 2.62. The zero-order valence-electron chi connectivity index (χ0n) is 13.0. The van der Waals surface area contributed by atoms with Crippen molar-refractivity contribution in [3.05, 3.63) is 52.0 Å². The van der Waals surface area contributed by atoms with Crippen LogP contribution in [-0.2, 0) is 0 Å². The third kappa shape index (κ3) is 4.53. The molecule has 0 unspecified atom stereocenters. The fourth-order valence-electron chi connectivity index (χ4n) is 1.98. The van der Waals surface area contributed by atoms with E-state index in [2.05, 4.69) is 5.32 Å². The summed E-state index contributed by atoms with van der Waals surface area (Å²) in [6.45, 7) is 3.90. The Morgan fingerprint density at radius 3 is 2.13 bits per heavy atom. The molecule has 2 aromatic carbocycles. The molecule has 0 aromatic heterocycles. The van der Waals surface area contributed by atoms with Crippen LogP contribution in [0, 0.1) is 0 Å². The Morgan fingerprint density at radius 1 is 1.09 bits per heavy atom. The first-order valence-corrected chi connectivity index (χ1v) is 7.77. The van der Waals surface area contributed by atoms with Gasteiger partial charge in [0.15, 0.2) is 5.75 Å². The SMILES string of the molecule is COc1c(Cl)cc(C(=O)Nc2ccc(OC(C)C)cc2)cc1Cl. The Hall–Kier alpha value is -1.91. The maximum atomic E-state index is 12.3. The maximum absolute atomic E-state index is 12.3. The maximum Gasteiger partial charge on any atom is 0.255 e. The number of amides is 1. The van der Waals surface area contributed by atoms with E-state index in [1.54, 1.807) is 24.3 Å². The molecule has 23 heavy (non-hydrogen) atoms. The summed E-state index contributed by atoms with van der Waals surface area (Å²) in [6.07, 6.45) is 0.0963. The molecule has 0 fully saturated rings. The molecule has 0 heterocycles. The van der Waals surface area contributed by atoms with Crippen molar-refractivity contribution in [2.75, 3.05) is 12.4 Å². The molecule has 1 amide bonds. The highest BCUT2D eigenvalue weighted by atomic mass is 35.5. The van der Waals surface area contributed by atoms with Gasteiger partial charge in [0.1, 0.15) is 5.75 Å². The van der Waals surface area contributed by atoms with Crippen LogP contribution in [0.3, 0.4) is 0 Å². The summed E-state index contributed by atoms with van der Waals surface area (Å²) in [6, 6.07) is 10.1. The van der Waals surface area contributed by atoms with Gasteiger partial charge in [-0.1, -0.05) is 23.2 Å². The summed E-state index contributed by atoms with van der Waals surface area (Å²) in [5.74, 6) is 0.780. The van der Waals surface area contributed by atoms with E-state index >= 15 is 0 Å². The van der Waals surface area contributed by atoms with Crippen LogP contribution in [0.5, 0.6) is 11.5 Å². The lowest BCUT2D eigenvalue weighted by atomic mass is 10.2. The largest absolute Gasteiger partial charge is 0.494 e. The predicted molar refractivity (Wildman–Crippen MR) is 93.2 cm³/mol. The Balaban J connectivity index is 2.13. The Labute approximate surface area is 145 Å². The number of methoxy groups -OCH3 is 1. The molecule has 0 aliphatic carbocycles. The van der Waals surface area contributed by atoms with Crippen LogP contribution in [0.1, 0.15) is 24.2 Å². The molecule has 1 N–H and O–H groups in total. The highest BCUT2D eigenvalue weighted by Gasteiger charge is 2.13. The highest BCUT2D eigenvalue weighted by molar-refractivity contribution is 6.37. The fraction of sp³-hybridized carbons (Fsp3) is 0.235. The second-order valence-electron chi connectivity index (χ2n) is 5.12. The second-order valence-corrected chi connectivity index (χ2v) is 5.93. The smallest absolute Gasteiger partial charge is 0.255 e. The van der Waals surface area contributed by atoms with E-state index < -0.39 is 0 Å². The highest BCUT2D eigenvalue weighted by Crippen LogP contribution is 2.34. The van der Waals surface area contributed by atoms with Crippen molar-refractivity contribution in [3.8, 4) is 11.5 Å². The van der Waals surface area contributed by atoms with E-state index in [-0.39, 0.29) is 22.1 Å². The molecule has 0 saturated carbocycles. The van der Waals surface area contributed by atoms with E-state index in [4.69, 9.17) is 32.7 Å². The lowest BCUT2D eigenvalue weighted by molar-refractivity contribution is 0.102. The zero-order valence-corrected chi connectivity index (χ0v) is 14.5. The van der Waals surface area contributed by atoms with Gasteiger partial charge in [-0.3, -0.25) is 4.79 Å². The minimum atomic E-state index is -0.311. The van der Waals surface area contributed by atoms with Gasteiger partial charge >= 0.3 is 0 Å². The minimum absolute atomic E-state index is 0.0963. The summed E-state index contributed by atoms with van der Waals surface area (Å²) >= 11 is 12.1. The van der Waals surface area contributed by atoms with Crippen LogP contribution < -0.4 is 14.8 Å². The monoisotopic (exact) mass is 353 g/mol. The first-order valence-electron chi connectivity index (χ1n) is 7.02. The molecule has 0 radical (unpaired) electrons. The van der Waals surface area contributed by atoms with E-state index in [0.29, 0.717) is 17.0 Å². The number of hydrogen-bond acceptors (Lipinski definition) is 3. The van der Waals surface area contributed by atoms with Crippen molar-refractivity contribution in [1.82, 2.24) is 0 Å². The summed E-state index contributed by atoms with van der Waals surface area (Å²) in [4.78, 5) is 12.3. The van der Waals surface area contributed by atoms with Gasteiger partial charge in [-0.15, -0.1) is 0 Å². The lowest BCUT2D eigenvalue weighted by Gasteiger charge is -2.11. The zero-order chi connectivity index (χ0) is 17.0. The van der Waals surface area contributed by atoms with Gasteiger partial charge in [0, 0.05) is 11.3 Å².